The van der Waals surface area contributed by atoms with Gasteiger partial charge in [-0.25, -0.2) is 9.18 Å². The molecule has 0 spiro atoms. The molecule has 2 amide bonds. The van der Waals surface area contributed by atoms with Crippen molar-refractivity contribution in [2.75, 3.05) is 0 Å². The van der Waals surface area contributed by atoms with E-state index in [1.165, 1.54) is 0 Å². The van der Waals surface area contributed by atoms with E-state index in [0.29, 0.717) is 6.07 Å². The van der Waals surface area contributed by atoms with Crippen molar-refractivity contribution in [1.82, 2.24) is 10.6 Å². The van der Waals surface area contributed by atoms with Crippen LogP contribution < -0.4 is 15.4 Å². The van der Waals surface area contributed by atoms with Gasteiger partial charge < -0.3 is 15.4 Å². The molecule has 2 N–H and O–H groups in total. The maximum absolute atomic E-state index is 13.5. The maximum Gasteiger partial charge on any atom is 0.573 e. The summed E-state index contributed by atoms with van der Waals surface area (Å²) in [6, 6.07) is 2.49. The molecule has 0 radical (unpaired) electrons. The molecule has 1 aromatic rings. The second-order valence-corrected chi connectivity index (χ2v) is 4.40. The van der Waals surface area contributed by atoms with Gasteiger partial charge in [0.25, 0.3) is 0 Å². The highest BCUT2D eigenvalue weighted by Crippen LogP contribution is 2.24. The standard InChI is InChI=1S/C12H12F4N2O2/c13-10-5-9(20-12(14,15)16)4-1-7(10)6-17-11(19)18-8-2-3-8/h1,4-5,8H,2-3,6H2,(H2,17,18,19). The number of hydrogen-bond acceptors (Lipinski definition) is 2. The summed E-state index contributed by atoms with van der Waals surface area (Å²) in [6.45, 7) is -0.114. The fourth-order valence-corrected chi connectivity index (χ4v) is 1.51. The van der Waals surface area contributed by atoms with E-state index < -0.39 is 24.0 Å². The molecule has 2 rings (SSSR count). The Morgan fingerprint density at radius 3 is 2.60 bits per heavy atom. The molecule has 0 heterocycles. The van der Waals surface area contributed by atoms with Gasteiger partial charge in [0, 0.05) is 24.2 Å². The zero-order valence-corrected chi connectivity index (χ0v) is 10.3. The molecule has 1 saturated carbocycles. The Labute approximate surface area is 112 Å². The zero-order chi connectivity index (χ0) is 14.8. The number of urea groups is 1. The molecule has 4 nitrogen and oxygen atoms in total. The van der Waals surface area contributed by atoms with Gasteiger partial charge in [-0.15, -0.1) is 13.2 Å². The van der Waals surface area contributed by atoms with Crippen LogP contribution in [0, 0.1) is 5.82 Å². The quantitative estimate of drug-likeness (QED) is 0.838. The van der Waals surface area contributed by atoms with E-state index in [9.17, 15) is 22.4 Å². The lowest BCUT2D eigenvalue weighted by Crippen LogP contribution is -2.36. The third kappa shape index (κ3) is 4.60. The van der Waals surface area contributed by atoms with Gasteiger partial charge >= 0.3 is 12.4 Å². The Morgan fingerprint density at radius 2 is 2.05 bits per heavy atom. The Morgan fingerprint density at radius 1 is 1.35 bits per heavy atom. The summed E-state index contributed by atoms with van der Waals surface area (Å²) < 4.78 is 53.0. The Kier molecular flexibility index (Phi) is 4.01. The van der Waals surface area contributed by atoms with Gasteiger partial charge in [-0.2, -0.15) is 0 Å². The molecule has 0 unspecified atom stereocenters. The molecule has 1 aromatic carbocycles. The molecule has 1 aliphatic carbocycles. The van der Waals surface area contributed by atoms with Gasteiger partial charge in [0.2, 0.25) is 0 Å². The fourth-order valence-electron chi connectivity index (χ4n) is 1.51. The van der Waals surface area contributed by atoms with Crippen molar-refractivity contribution in [3.63, 3.8) is 0 Å². The number of rotatable bonds is 4. The van der Waals surface area contributed by atoms with Crippen LogP contribution in [0.1, 0.15) is 18.4 Å². The first-order chi connectivity index (χ1) is 9.33. The van der Waals surface area contributed by atoms with Crippen LogP contribution in [0.3, 0.4) is 0 Å². The predicted octanol–water partition coefficient (Wildman–Crippen LogP) is 2.69. The molecule has 0 aliphatic heterocycles. The van der Waals surface area contributed by atoms with Crippen molar-refractivity contribution in [2.24, 2.45) is 0 Å². The molecule has 8 heteroatoms. The van der Waals surface area contributed by atoms with Crippen LogP contribution in [0.15, 0.2) is 18.2 Å². The minimum absolute atomic E-state index is 0.0745. The van der Waals surface area contributed by atoms with Gasteiger partial charge in [-0.05, 0) is 18.9 Å². The number of carbonyl (C=O) groups excluding carboxylic acids is 1. The molecular formula is C12H12F4N2O2. The highest BCUT2D eigenvalue weighted by Gasteiger charge is 2.31. The smallest absolute Gasteiger partial charge is 0.406 e. The molecule has 1 aliphatic rings. The lowest BCUT2D eigenvalue weighted by atomic mass is 10.2. The summed E-state index contributed by atoms with van der Waals surface area (Å²) in [7, 11) is 0. The number of benzene rings is 1. The van der Waals surface area contributed by atoms with Crippen molar-refractivity contribution < 1.29 is 27.1 Å². The molecule has 0 saturated heterocycles. The second-order valence-electron chi connectivity index (χ2n) is 4.40. The van der Waals surface area contributed by atoms with Crippen LogP contribution >= 0.6 is 0 Å². The lowest BCUT2D eigenvalue weighted by Gasteiger charge is -2.11. The first-order valence-electron chi connectivity index (χ1n) is 5.92. The highest BCUT2D eigenvalue weighted by molar-refractivity contribution is 5.74. The number of hydrogen-bond donors (Lipinski definition) is 2. The van der Waals surface area contributed by atoms with Crippen LogP contribution in [0.2, 0.25) is 0 Å². The molecule has 1 fully saturated rings. The van der Waals surface area contributed by atoms with E-state index in [1.807, 2.05) is 0 Å². The van der Waals surface area contributed by atoms with Gasteiger partial charge in [0.15, 0.2) is 0 Å². The van der Waals surface area contributed by atoms with Gasteiger partial charge in [0.05, 0.1) is 0 Å². The van der Waals surface area contributed by atoms with E-state index in [0.717, 1.165) is 25.0 Å². The first-order valence-corrected chi connectivity index (χ1v) is 5.92. The third-order valence-corrected chi connectivity index (χ3v) is 2.61. The number of halogens is 4. The summed E-state index contributed by atoms with van der Waals surface area (Å²) in [5.74, 6) is -1.51. The largest absolute Gasteiger partial charge is 0.573 e. The lowest BCUT2D eigenvalue weighted by molar-refractivity contribution is -0.274. The van der Waals surface area contributed by atoms with Crippen molar-refractivity contribution in [3.8, 4) is 5.75 Å². The summed E-state index contributed by atoms with van der Waals surface area (Å²) in [6.07, 6.45) is -3.02. The van der Waals surface area contributed by atoms with E-state index in [-0.39, 0.29) is 18.2 Å². The minimum Gasteiger partial charge on any atom is -0.406 e. The number of nitrogens with one attached hydrogen (secondary N) is 2. The van der Waals surface area contributed by atoms with Crippen molar-refractivity contribution >= 4 is 6.03 Å². The van der Waals surface area contributed by atoms with Crippen molar-refractivity contribution in [2.45, 2.75) is 31.8 Å². The number of amides is 2. The van der Waals surface area contributed by atoms with Crippen LogP contribution in [-0.2, 0) is 6.54 Å². The number of carbonyl (C=O) groups is 1. The van der Waals surface area contributed by atoms with Crippen molar-refractivity contribution in [1.29, 1.82) is 0 Å². The topological polar surface area (TPSA) is 50.4 Å². The second kappa shape index (κ2) is 5.56. The van der Waals surface area contributed by atoms with Crippen LogP contribution in [0.5, 0.6) is 5.75 Å². The highest BCUT2D eigenvalue weighted by atomic mass is 19.4. The average Bonchev–Trinajstić information content (AvgIpc) is 3.09. The first kappa shape index (κ1) is 14.4. The SMILES string of the molecule is O=C(NCc1ccc(OC(F)(F)F)cc1F)NC1CC1. The number of alkyl halides is 3. The Balaban J connectivity index is 1.89. The summed E-state index contributed by atoms with van der Waals surface area (Å²) in [5.41, 5.74) is 0.0745. The Bertz CT molecular complexity index is 501. The monoisotopic (exact) mass is 292 g/mol. The average molecular weight is 292 g/mol. The van der Waals surface area contributed by atoms with Crippen molar-refractivity contribution in [3.05, 3.63) is 29.6 Å². The summed E-state index contributed by atoms with van der Waals surface area (Å²) in [5, 5.41) is 5.07. The van der Waals surface area contributed by atoms with Crippen LogP contribution in [-0.4, -0.2) is 18.4 Å². The predicted molar refractivity (Wildman–Crippen MR) is 61.5 cm³/mol. The van der Waals surface area contributed by atoms with Crippen LogP contribution in [0.4, 0.5) is 22.4 Å². The molecule has 20 heavy (non-hydrogen) atoms. The maximum atomic E-state index is 13.5. The normalized spacial score (nSPS) is 14.8. The van der Waals surface area contributed by atoms with E-state index in [2.05, 4.69) is 15.4 Å². The van der Waals surface area contributed by atoms with Gasteiger partial charge in [-0.3, -0.25) is 0 Å². The summed E-state index contributed by atoms with van der Waals surface area (Å²) in [4.78, 5) is 11.3. The Hall–Kier alpha value is -1.99. The minimum atomic E-state index is -4.86. The number of ether oxygens (including phenoxy) is 1. The van der Waals surface area contributed by atoms with E-state index >= 15 is 0 Å². The molecule has 110 valence electrons. The molecular weight excluding hydrogens is 280 g/mol. The molecule has 0 bridgehead atoms. The van der Waals surface area contributed by atoms with Gasteiger partial charge in [-0.1, -0.05) is 6.07 Å². The summed E-state index contributed by atoms with van der Waals surface area (Å²) >= 11 is 0. The molecule has 0 aromatic heterocycles. The van der Waals surface area contributed by atoms with Gasteiger partial charge in [0.1, 0.15) is 11.6 Å². The molecule has 0 atom stereocenters. The van der Waals surface area contributed by atoms with Crippen LogP contribution in [0.25, 0.3) is 0 Å². The van der Waals surface area contributed by atoms with E-state index in [1.54, 1.807) is 0 Å². The fraction of sp³-hybridized carbons (Fsp3) is 0.417. The third-order valence-electron chi connectivity index (χ3n) is 2.61. The van der Waals surface area contributed by atoms with E-state index in [4.69, 9.17) is 0 Å². The zero-order valence-electron chi connectivity index (χ0n) is 10.3.